The highest BCUT2D eigenvalue weighted by Crippen LogP contribution is 2.13. The van der Waals surface area contributed by atoms with Gasteiger partial charge < -0.3 is 20.9 Å². The molecule has 2 aromatic rings. The molecule has 0 saturated heterocycles. The van der Waals surface area contributed by atoms with Gasteiger partial charge in [-0.25, -0.2) is 8.78 Å². The van der Waals surface area contributed by atoms with Crippen LogP contribution in [0.4, 0.5) is 8.78 Å². The lowest BCUT2D eigenvalue weighted by molar-refractivity contribution is 0.141. The first-order chi connectivity index (χ1) is 11.5. The number of methoxy groups -OCH3 is 1. The van der Waals surface area contributed by atoms with E-state index in [1.54, 1.807) is 7.11 Å². The van der Waals surface area contributed by atoms with Crippen molar-refractivity contribution in [3.05, 3.63) is 65.2 Å². The Kier molecular flexibility index (Phi) is 6.66. The Morgan fingerprint density at radius 3 is 2.62 bits per heavy atom. The van der Waals surface area contributed by atoms with Crippen molar-refractivity contribution in [3.8, 4) is 5.75 Å². The predicted molar refractivity (Wildman–Crippen MR) is 88.7 cm³/mol. The van der Waals surface area contributed by atoms with Gasteiger partial charge in [0.1, 0.15) is 5.75 Å². The highest BCUT2D eigenvalue weighted by molar-refractivity contribution is 5.28. The smallest absolute Gasteiger partial charge is 0.159 e. The van der Waals surface area contributed by atoms with E-state index in [1.165, 1.54) is 6.07 Å². The van der Waals surface area contributed by atoms with Crippen LogP contribution in [0.1, 0.15) is 11.1 Å². The zero-order chi connectivity index (χ0) is 17.5. The van der Waals surface area contributed by atoms with Gasteiger partial charge in [0.15, 0.2) is 11.6 Å². The van der Waals surface area contributed by atoms with Gasteiger partial charge in [0.05, 0.1) is 13.2 Å². The molecule has 2 rings (SSSR count). The molecule has 0 aliphatic rings. The molecule has 130 valence electrons. The average molecular weight is 336 g/mol. The number of aliphatic hydroxyl groups is 1. The summed E-state index contributed by atoms with van der Waals surface area (Å²) in [4.78, 5) is 0. The van der Waals surface area contributed by atoms with E-state index in [4.69, 9.17) is 10.5 Å². The number of halogens is 2. The van der Waals surface area contributed by atoms with Gasteiger partial charge in [0.25, 0.3) is 0 Å². The average Bonchev–Trinajstić information content (AvgIpc) is 2.58. The standard InChI is InChI=1S/C18H22F2N2O2/c1-24-14-4-2-3-13(7-14)10-22-11-18(23)17(21)9-12-5-6-15(19)16(20)8-12/h2-8,17-18,22-23H,9-11,21H2,1H3/t17-,18+/m0/s1. The van der Waals surface area contributed by atoms with Crippen LogP contribution in [0.3, 0.4) is 0 Å². The number of nitrogens with one attached hydrogen (secondary N) is 1. The highest BCUT2D eigenvalue weighted by Gasteiger charge is 2.16. The summed E-state index contributed by atoms with van der Waals surface area (Å²) in [7, 11) is 1.60. The number of rotatable bonds is 8. The summed E-state index contributed by atoms with van der Waals surface area (Å²) in [5.41, 5.74) is 7.51. The second-order valence-corrected chi connectivity index (χ2v) is 5.67. The third-order valence-electron chi connectivity index (χ3n) is 3.77. The summed E-state index contributed by atoms with van der Waals surface area (Å²) in [5, 5.41) is 13.2. The normalized spacial score (nSPS) is 13.5. The first-order valence-electron chi connectivity index (χ1n) is 7.71. The fourth-order valence-corrected chi connectivity index (χ4v) is 2.37. The summed E-state index contributed by atoms with van der Waals surface area (Å²) in [6, 6.07) is 10.7. The number of aliphatic hydroxyl groups excluding tert-OH is 1. The second-order valence-electron chi connectivity index (χ2n) is 5.67. The van der Waals surface area contributed by atoms with E-state index in [9.17, 15) is 13.9 Å². The monoisotopic (exact) mass is 336 g/mol. The fraction of sp³-hybridized carbons (Fsp3) is 0.333. The van der Waals surface area contributed by atoms with E-state index in [-0.39, 0.29) is 6.42 Å². The summed E-state index contributed by atoms with van der Waals surface area (Å²) >= 11 is 0. The minimum atomic E-state index is -0.912. The lowest BCUT2D eigenvalue weighted by Crippen LogP contribution is -2.43. The maximum absolute atomic E-state index is 13.2. The quantitative estimate of drug-likeness (QED) is 0.690. The Hall–Kier alpha value is -2.02. The zero-order valence-electron chi connectivity index (χ0n) is 13.5. The number of benzene rings is 2. The van der Waals surface area contributed by atoms with Gasteiger partial charge in [-0.15, -0.1) is 0 Å². The Labute approximate surface area is 140 Å². The second kappa shape index (κ2) is 8.73. The van der Waals surface area contributed by atoms with Crippen molar-refractivity contribution >= 4 is 0 Å². The van der Waals surface area contributed by atoms with E-state index in [2.05, 4.69) is 5.32 Å². The molecule has 0 aliphatic heterocycles. The highest BCUT2D eigenvalue weighted by atomic mass is 19.2. The molecule has 0 spiro atoms. The largest absolute Gasteiger partial charge is 0.497 e. The SMILES string of the molecule is COc1cccc(CNC[C@@H](O)[C@@H](N)Cc2ccc(F)c(F)c2)c1. The number of hydrogen-bond acceptors (Lipinski definition) is 4. The Balaban J connectivity index is 1.80. The molecule has 0 radical (unpaired) electrons. The third kappa shape index (κ3) is 5.26. The lowest BCUT2D eigenvalue weighted by atomic mass is 10.0. The minimum absolute atomic E-state index is 0.263. The van der Waals surface area contributed by atoms with Crippen molar-refractivity contribution in [1.82, 2.24) is 5.32 Å². The van der Waals surface area contributed by atoms with Crippen LogP contribution in [-0.4, -0.2) is 30.9 Å². The molecule has 0 fully saturated rings. The number of ether oxygens (including phenoxy) is 1. The first-order valence-corrected chi connectivity index (χ1v) is 7.71. The van der Waals surface area contributed by atoms with Crippen LogP contribution in [0.25, 0.3) is 0 Å². The van der Waals surface area contributed by atoms with Gasteiger partial charge in [-0.2, -0.15) is 0 Å². The molecule has 0 unspecified atom stereocenters. The van der Waals surface area contributed by atoms with Crippen LogP contribution in [0.2, 0.25) is 0 Å². The molecule has 0 saturated carbocycles. The van der Waals surface area contributed by atoms with Gasteiger partial charge in [-0.05, 0) is 41.8 Å². The van der Waals surface area contributed by atoms with E-state index < -0.39 is 23.8 Å². The van der Waals surface area contributed by atoms with Crippen LogP contribution < -0.4 is 15.8 Å². The number of nitrogens with two attached hydrogens (primary N) is 1. The van der Waals surface area contributed by atoms with Crippen molar-refractivity contribution < 1.29 is 18.6 Å². The molecule has 6 heteroatoms. The first kappa shape index (κ1) is 18.3. The van der Waals surface area contributed by atoms with Crippen molar-refractivity contribution in [2.75, 3.05) is 13.7 Å². The summed E-state index contributed by atoms with van der Waals surface area (Å²) in [6.07, 6.45) is -0.539. The molecule has 0 aromatic heterocycles. The van der Waals surface area contributed by atoms with Crippen molar-refractivity contribution in [3.63, 3.8) is 0 Å². The zero-order valence-corrected chi connectivity index (χ0v) is 13.5. The molecule has 0 heterocycles. The van der Waals surface area contributed by atoms with Gasteiger partial charge in [0, 0.05) is 19.1 Å². The van der Waals surface area contributed by atoms with E-state index in [0.717, 1.165) is 23.4 Å². The molecular formula is C18H22F2N2O2. The molecule has 4 nitrogen and oxygen atoms in total. The summed E-state index contributed by atoms with van der Waals surface area (Å²) < 4.78 is 31.2. The third-order valence-corrected chi connectivity index (χ3v) is 3.77. The fourth-order valence-electron chi connectivity index (χ4n) is 2.37. The Bertz CT molecular complexity index is 667. The van der Waals surface area contributed by atoms with Crippen LogP contribution in [0.15, 0.2) is 42.5 Å². The van der Waals surface area contributed by atoms with Crippen LogP contribution in [0.5, 0.6) is 5.75 Å². The van der Waals surface area contributed by atoms with Gasteiger partial charge in [0.2, 0.25) is 0 Å². The molecule has 0 aliphatic carbocycles. The van der Waals surface area contributed by atoms with Crippen LogP contribution >= 0.6 is 0 Å². The van der Waals surface area contributed by atoms with Crippen molar-refractivity contribution in [2.24, 2.45) is 5.73 Å². The molecule has 2 atom stereocenters. The minimum Gasteiger partial charge on any atom is -0.497 e. The van der Waals surface area contributed by atoms with Crippen molar-refractivity contribution in [1.29, 1.82) is 0 Å². The maximum Gasteiger partial charge on any atom is 0.159 e. The van der Waals surface area contributed by atoms with Crippen LogP contribution in [-0.2, 0) is 13.0 Å². The van der Waals surface area contributed by atoms with Gasteiger partial charge in [-0.3, -0.25) is 0 Å². The van der Waals surface area contributed by atoms with E-state index in [0.29, 0.717) is 18.7 Å². The summed E-state index contributed by atoms with van der Waals surface area (Å²) in [5.74, 6) is -1.04. The molecule has 2 aromatic carbocycles. The predicted octanol–water partition coefficient (Wildman–Crippen LogP) is 1.99. The van der Waals surface area contributed by atoms with Gasteiger partial charge >= 0.3 is 0 Å². The molecular weight excluding hydrogens is 314 g/mol. The molecule has 0 bridgehead atoms. The molecule has 4 N–H and O–H groups in total. The topological polar surface area (TPSA) is 67.5 Å². The van der Waals surface area contributed by atoms with E-state index >= 15 is 0 Å². The maximum atomic E-state index is 13.2. The molecule has 0 amide bonds. The Morgan fingerprint density at radius 2 is 1.92 bits per heavy atom. The lowest BCUT2D eigenvalue weighted by Gasteiger charge is -2.19. The Morgan fingerprint density at radius 1 is 1.12 bits per heavy atom. The summed E-state index contributed by atoms with van der Waals surface area (Å²) in [6.45, 7) is 0.855. The van der Waals surface area contributed by atoms with Gasteiger partial charge in [-0.1, -0.05) is 18.2 Å². The number of hydrogen-bond donors (Lipinski definition) is 3. The van der Waals surface area contributed by atoms with Crippen molar-refractivity contribution in [2.45, 2.75) is 25.1 Å². The van der Waals surface area contributed by atoms with Crippen LogP contribution in [0, 0.1) is 11.6 Å². The molecule has 24 heavy (non-hydrogen) atoms. The van der Waals surface area contributed by atoms with E-state index in [1.807, 2.05) is 24.3 Å².